The molecule has 2 heterocycles. The van der Waals surface area contributed by atoms with E-state index in [4.69, 9.17) is 0 Å². The normalized spacial score (nSPS) is 14.0. The highest BCUT2D eigenvalue weighted by atomic mass is 19.1. The fourth-order valence-corrected chi connectivity index (χ4v) is 3.81. The van der Waals surface area contributed by atoms with E-state index in [1.54, 1.807) is 16.8 Å². The second-order valence-electron chi connectivity index (χ2n) is 7.21. The molecule has 0 aliphatic carbocycles. The Balaban J connectivity index is 1.68. The van der Waals surface area contributed by atoms with Gasteiger partial charge in [0.25, 0.3) is 5.91 Å². The van der Waals surface area contributed by atoms with Crippen LogP contribution in [0.2, 0.25) is 0 Å². The van der Waals surface area contributed by atoms with Crippen molar-refractivity contribution in [2.24, 2.45) is 0 Å². The van der Waals surface area contributed by atoms with Crippen molar-refractivity contribution in [3.8, 4) is 5.69 Å². The number of rotatable bonds is 2. The summed E-state index contributed by atoms with van der Waals surface area (Å²) in [6.45, 7) is 5.71. The third-order valence-electron chi connectivity index (χ3n) is 5.33. The van der Waals surface area contributed by atoms with Crippen LogP contribution in [0.1, 0.15) is 27.3 Å². The first kappa shape index (κ1) is 18.2. The van der Waals surface area contributed by atoms with E-state index in [1.807, 2.05) is 30.9 Å². The third-order valence-corrected chi connectivity index (χ3v) is 5.33. The van der Waals surface area contributed by atoms with Crippen LogP contribution in [0.5, 0.6) is 0 Å². The van der Waals surface area contributed by atoms with Gasteiger partial charge in [-0.25, -0.2) is 9.07 Å². The van der Waals surface area contributed by atoms with E-state index < -0.39 is 0 Å². The molecule has 0 fully saturated rings. The summed E-state index contributed by atoms with van der Waals surface area (Å²) in [6.07, 6.45) is 0. The minimum absolute atomic E-state index is 0.0199. The summed E-state index contributed by atoms with van der Waals surface area (Å²) in [5.74, 6) is -0.317. The Morgan fingerprint density at radius 1 is 1.04 bits per heavy atom. The zero-order chi connectivity index (χ0) is 19.8. The number of halogens is 1. The summed E-state index contributed by atoms with van der Waals surface area (Å²) in [5, 5.41) is 4.54. The number of aryl methyl sites for hydroxylation is 1. The van der Waals surface area contributed by atoms with E-state index in [0.29, 0.717) is 24.3 Å². The van der Waals surface area contributed by atoms with Crippen molar-refractivity contribution in [2.75, 3.05) is 25.0 Å². The molecule has 0 atom stereocenters. The molecule has 144 valence electrons. The Bertz CT molecular complexity index is 1030. The number of hydrogen-bond acceptors (Lipinski definition) is 3. The molecule has 4 rings (SSSR count). The molecule has 1 aromatic heterocycles. The molecule has 0 radical (unpaired) electrons. The predicted molar refractivity (Wildman–Crippen MR) is 107 cm³/mol. The molecule has 0 saturated carbocycles. The van der Waals surface area contributed by atoms with E-state index in [-0.39, 0.29) is 11.7 Å². The van der Waals surface area contributed by atoms with Crippen LogP contribution in [0.3, 0.4) is 0 Å². The summed E-state index contributed by atoms with van der Waals surface area (Å²) >= 11 is 0. The molecule has 0 spiro atoms. The minimum Gasteiger partial charge on any atom is -0.373 e. The minimum atomic E-state index is -0.297. The number of fused-ring (bicyclic) bond motifs is 1. The van der Waals surface area contributed by atoms with Gasteiger partial charge in [0.1, 0.15) is 5.82 Å². The van der Waals surface area contributed by atoms with Gasteiger partial charge in [-0.05, 0) is 49.7 Å². The van der Waals surface area contributed by atoms with Crippen LogP contribution < -0.4 is 4.90 Å². The first-order valence-electron chi connectivity index (χ1n) is 9.36. The van der Waals surface area contributed by atoms with Crippen molar-refractivity contribution in [1.29, 1.82) is 0 Å². The van der Waals surface area contributed by atoms with E-state index >= 15 is 0 Å². The van der Waals surface area contributed by atoms with Crippen LogP contribution >= 0.6 is 0 Å². The number of anilines is 1. The van der Waals surface area contributed by atoms with Crippen molar-refractivity contribution in [3.05, 3.63) is 76.9 Å². The maximum absolute atomic E-state index is 13.4. The molecule has 2 aromatic carbocycles. The molecule has 28 heavy (non-hydrogen) atoms. The second-order valence-corrected chi connectivity index (χ2v) is 7.21. The highest BCUT2D eigenvalue weighted by Crippen LogP contribution is 2.26. The Morgan fingerprint density at radius 3 is 2.50 bits per heavy atom. The summed E-state index contributed by atoms with van der Waals surface area (Å²) in [6, 6.07) is 14.3. The smallest absolute Gasteiger partial charge is 0.257 e. The van der Waals surface area contributed by atoms with Crippen LogP contribution in [-0.4, -0.2) is 40.7 Å². The Hall–Kier alpha value is -3.15. The summed E-state index contributed by atoms with van der Waals surface area (Å²) in [5.41, 5.74) is 5.09. The molecule has 0 N–H and O–H groups in total. The summed E-state index contributed by atoms with van der Waals surface area (Å²) < 4.78 is 15.0. The molecule has 0 saturated heterocycles. The molecule has 3 aromatic rings. The number of benzene rings is 2. The number of aromatic nitrogens is 2. The molecular formula is C22H23FN4O. The number of carbonyl (C=O) groups excluding carboxylic acids is 1. The number of para-hydroxylation sites is 1. The fourth-order valence-electron chi connectivity index (χ4n) is 3.81. The molecular weight excluding hydrogens is 355 g/mol. The highest BCUT2D eigenvalue weighted by Gasteiger charge is 2.27. The Kier molecular flexibility index (Phi) is 4.63. The van der Waals surface area contributed by atoms with Gasteiger partial charge in [0.15, 0.2) is 0 Å². The molecule has 0 unspecified atom stereocenters. The van der Waals surface area contributed by atoms with Gasteiger partial charge >= 0.3 is 0 Å². The molecule has 6 heteroatoms. The number of amides is 1. The van der Waals surface area contributed by atoms with Crippen LogP contribution in [0.25, 0.3) is 5.69 Å². The molecule has 1 aliphatic rings. The summed E-state index contributed by atoms with van der Waals surface area (Å²) in [4.78, 5) is 17.5. The van der Waals surface area contributed by atoms with Gasteiger partial charge < -0.3 is 9.80 Å². The van der Waals surface area contributed by atoms with Crippen molar-refractivity contribution in [2.45, 2.75) is 20.4 Å². The van der Waals surface area contributed by atoms with Crippen molar-refractivity contribution >= 4 is 11.6 Å². The fraction of sp³-hybridized carbons (Fsp3) is 0.273. The van der Waals surface area contributed by atoms with Crippen LogP contribution in [0.4, 0.5) is 10.1 Å². The van der Waals surface area contributed by atoms with Crippen molar-refractivity contribution in [3.63, 3.8) is 0 Å². The van der Waals surface area contributed by atoms with E-state index in [2.05, 4.69) is 29.2 Å². The number of hydrogen-bond donors (Lipinski definition) is 0. The van der Waals surface area contributed by atoms with Gasteiger partial charge in [0.2, 0.25) is 0 Å². The van der Waals surface area contributed by atoms with Crippen molar-refractivity contribution < 1.29 is 9.18 Å². The predicted octanol–water partition coefficient (Wildman–Crippen LogP) is 3.72. The van der Waals surface area contributed by atoms with Gasteiger partial charge in [-0.2, -0.15) is 5.10 Å². The highest BCUT2D eigenvalue weighted by molar-refractivity contribution is 5.96. The Labute approximate surface area is 164 Å². The van der Waals surface area contributed by atoms with Gasteiger partial charge in [0.05, 0.1) is 22.6 Å². The lowest BCUT2D eigenvalue weighted by Crippen LogP contribution is -2.34. The van der Waals surface area contributed by atoms with Crippen molar-refractivity contribution in [1.82, 2.24) is 14.7 Å². The topological polar surface area (TPSA) is 41.4 Å². The maximum Gasteiger partial charge on any atom is 0.257 e. The van der Waals surface area contributed by atoms with E-state index in [9.17, 15) is 9.18 Å². The molecule has 1 amide bonds. The zero-order valence-electron chi connectivity index (χ0n) is 16.3. The quantitative estimate of drug-likeness (QED) is 0.682. The van der Waals surface area contributed by atoms with E-state index in [1.165, 1.54) is 12.1 Å². The average molecular weight is 378 g/mol. The first-order valence-corrected chi connectivity index (χ1v) is 9.36. The monoisotopic (exact) mass is 378 g/mol. The van der Waals surface area contributed by atoms with Crippen LogP contribution in [0, 0.1) is 19.7 Å². The zero-order valence-corrected chi connectivity index (χ0v) is 16.3. The summed E-state index contributed by atoms with van der Waals surface area (Å²) in [7, 11) is 2.05. The maximum atomic E-state index is 13.4. The Morgan fingerprint density at radius 2 is 1.75 bits per heavy atom. The molecule has 0 bridgehead atoms. The van der Waals surface area contributed by atoms with E-state index in [0.717, 1.165) is 29.2 Å². The molecule has 1 aliphatic heterocycles. The van der Waals surface area contributed by atoms with Gasteiger partial charge in [-0.1, -0.05) is 18.2 Å². The first-order chi connectivity index (χ1) is 13.5. The number of carbonyl (C=O) groups is 1. The van der Waals surface area contributed by atoms with Crippen LogP contribution in [0.15, 0.2) is 48.5 Å². The van der Waals surface area contributed by atoms with Gasteiger partial charge in [-0.3, -0.25) is 4.79 Å². The molecule has 5 nitrogen and oxygen atoms in total. The number of likely N-dealkylation sites (N-methyl/N-ethyl adjacent to an activating group) is 1. The van der Waals surface area contributed by atoms with Gasteiger partial charge in [0, 0.05) is 32.4 Å². The van der Waals surface area contributed by atoms with Crippen LogP contribution in [-0.2, 0) is 6.54 Å². The lowest BCUT2D eigenvalue weighted by molar-refractivity contribution is 0.0750. The standard InChI is InChI=1S/C22H23FN4O/c1-15-21(16(2)27(24-15)19-10-8-18(23)9-11-19)22(28)26-13-12-25(3)20-7-5-4-6-17(20)14-26/h4-11H,12-14H2,1-3H3. The number of nitrogens with zero attached hydrogens (tertiary/aromatic N) is 4. The third kappa shape index (κ3) is 3.15. The SMILES string of the molecule is Cc1nn(-c2ccc(F)cc2)c(C)c1C(=O)N1CCN(C)c2ccccc2C1. The second kappa shape index (κ2) is 7.11. The lowest BCUT2D eigenvalue weighted by atomic mass is 10.1. The van der Waals surface area contributed by atoms with Gasteiger partial charge in [-0.15, -0.1) is 0 Å². The average Bonchev–Trinajstić information content (AvgIpc) is 2.88. The largest absolute Gasteiger partial charge is 0.373 e. The lowest BCUT2D eigenvalue weighted by Gasteiger charge is -2.21.